The molecule has 0 N–H and O–H groups in total. The van der Waals surface area contributed by atoms with E-state index in [-0.39, 0.29) is 12.6 Å². The zero-order valence-corrected chi connectivity index (χ0v) is 15.2. The fraction of sp³-hybridized carbons (Fsp3) is 0.188. The summed E-state index contributed by atoms with van der Waals surface area (Å²) in [6.07, 6.45) is 3.71. The highest BCUT2D eigenvalue weighted by molar-refractivity contribution is 8.26. The first-order valence-corrected chi connectivity index (χ1v) is 9.25. The fourth-order valence-corrected chi connectivity index (χ4v) is 4.68. The predicted molar refractivity (Wildman–Crippen MR) is 101 cm³/mol. The average molecular weight is 379 g/mol. The minimum atomic E-state index is -0.243. The number of benzene rings is 1. The van der Waals surface area contributed by atoms with Gasteiger partial charge in [0.05, 0.1) is 15.6 Å². The number of carbonyl (C=O) groups is 2. The second-order valence-corrected chi connectivity index (χ2v) is 7.58. The molecule has 5 nitrogen and oxygen atoms in total. The van der Waals surface area contributed by atoms with Crippen molar-refractivity contribution >= 4 is 58.1 Å². The van der Waals surface area contributed by atoms with Gasteiger partial charge in [-0.3, -0.25) is 14.5 Å². The molecular formula is C16H14N2O3S3. The van der Waals surface area contributed by atoms with Gasteiger partial charge in [-0.05, 0) is 31.2 Å². The molecule has 1 aromatic rings. The normalized spacial score (nSPS) is 20.2. The van der Waals surface area contributed by atoms with Crippen molar-refractivity contribution in [2.75, 3.05) is 18.2 Å². The van der Waals surface area contributed by atoms with Crippen molar-refractivity contribution in [3.8, 4) is 0 Å². The van der Waals surface area contributed by atoms with Crippen LogP contribution in [-0.4, -0.2) is 34.9 Å². The molecule has 0 aromatic heterocycles. The summed E-state index contributed by atoms with van der Waals surface area (Å²) in [5.74, 6) is -0.243. The molecule has 0 spiro atoms. The van der Waals surface area contributed by atoms with Gasteiger partial charge in [-0.25, -0.2) is 0 Å². The quantitative estimate of drug-likeness (QED) is 0.442. The third-order valence-corrected chi connectivity index (χ3v) is 6.00. The molecule has 3 rings (SSSR count). The molecule has 24 heavy (non-hydrogen) atoms. The van der Waals surface area contributed by atoms with Crippen LogP contribution in [0.15, 0.2) is 51.2 Å². The zero-order chi connectivity index (χ0) is 17.1. The highest BCUT2D eigenvalue weighted by Crippen LogP contribution is 2.45. The summed E-state index contributed by atoms with van der Waals surface area (Å²) < 4.78 is 5.02. The maximum Gasteiger partial charge on any atom is 0.294 e. The van der Waals surface area contributed by atoms with Crippen molar-refractivity contribution in [1.29, 1.82) is 0 Å². The second kappa shape index (κ2) is 7.42. The van der Waals surface area contributed by atoms with Crippen LogP contribution in [0.3, 0.4) is 0 Å². The Morgan fingerprint density at radius 3 is 2.75 bits per heavy atom. The molecule has 0 atom stereocenters. The van der Waals surface area contributed by atoms with Crippen LogP contribution in [0.2, 0.25) is 0 Å². The van der Waals surface area contributed by atoms with E-state index in [0.717, 1.165) is 11.6 Å². The smallest absolute Gasteiger partial charge is 0.294 e. The Morgan fingerprint density at radius 1 is 1.21 bits per heavy atom. The summed E-state index contributed by atoms with van der Waals surface area (Å²) in [5.41, 5.74) is 1.18. The number of allylic oxidation sites excluding steroid dienone is 2. The molecular weight excluding hydrogens is 364 g/mol. The lowest BCUT2D eigenvalue weighted by Crippen LogP contribution is -2.30. The number of anilines is 1. The third-order valence-electron chi connectivity index (χ3n) is 3.48. The zero-order valence-electron chi connectivity index (χ0n) is 12.8. The highest BCUT2D eigenvalue weighted by Gasteiger charge is 2.32. The van der Waals surface area contributed by atoms with Gasteiger partial charge in [0, 0.05) is 11.4 Å². The van der Waals surface area contributed by atoms with E-state index in [0.29, 0.717) is 15.7 Å². The van der Waals surface area contributed by atoms with Gasteiger partial charge in [-0.2, -0.15) is 0 Å². The Kier molecular flexibility index (Phi) is 5.27. The van der Waals surface area contributed by atoms with Crippen LogP contribution in [0, 0.1) is 0 Å². The molecule has 0 bridgehead atoms. The Bertz CT molecular complexity index is 761. The molecule has 1 fully saturated rings. The van der Waals surface area contributed by atoms with Gasteiger partial charge in [0.1, 0.15) is 0 Å². The summed E-state index contributed by atoms with van der Waals surface area (Å²) in [7, 11) is 0. The summed E-state index contributed by atoms with van der Waals surface area (Å²) in [6, 6.07) is 8.20. The lowest BCUT2D eigenvalue weighted by atomic mass is 10.3. The van der Waals surface area contributed by atoms with E-state index in [1.54, 1.807) is 17.8 Å². The van der Waals surface area contributed by atoms with E-state index in [2.05, 4.69) is 28.7 Å². The lowest BCUT2D eigenvalue weighted by molar-refractivity contribution is -0.135. The predicted octanol–water partition coefficient (Wildman–Crippen LogP) is 3.33. The lowest BCUT2D eigenvalue weighted by Gasteiger charge is -2.17. The van der Waals surface area contributed by atoms with Crippen molar-refractivity contribution < 1.29 is 14.3 Å². The van der Waals surface area contributed by atoms with Gasteiger partial charge in [0.2, 0.25) is 0 Å². The van der Waals surface area contributed by atoms with Crippen molar-refractivity contribution in [3.63, 3.8) is 0 Å². The monoisotopic (exact) mass is 378 g/mol. The summed E-state index contributed by atoms with van der Waals surface area (Å²) in [4.78, 5) is 27.8. The van der Waals surface area contributed by atoms with Gasteiger partial charge >= 0.3 is 0 Å². The maximum absolute atomic E-state index is 12.3. The summed E-state index contributed by atoms with van der Waals surface area (Å²) in [6.45, 7) is 3.09. The van der Waals surface area contributed by atoms with Gasteiger partial charge in [-0.15, -0.1) is 0 Å². The third kappa shape index (κ3) is 3.22. The molecule has 2 heterocycles. The average Bonchev–Trinajstić information content (AvgIpc) is 3.08. The number of carbonyl (C=O) groups excluding carboxylic acids is 2. The van der Waals surface area contributed by atoms with E-state index in [1.807, 2.05) is 18.2 Å². The molecule has 1 amide bonds. The van der Waals surface area contributed by atoms with Crippen molar-refractivity contribution in [2.24, 2.45) is 0 Å². The van der Waals surface area contributed by atoms with Crippen molar-refractivity contribution in [1.82, 2.24) is 4.90 Å². The number of para-hydroxylation sites is 1. The summed E-state index contributed by atoms with van der Waals surface area (Å²) in [5, 5.41) is 1.06. The largest absolute Gasteiger partial charge is 0.446 e. The van der Waals surface area contributed by atoms with Crippen LogP contribution in [0.5, 0.6) is 0 Å². The van der Waals surface area contributed by atoms with E-state index in [1.165, 1.54) is 27.2 Å². The number of thioether (sulfide) groups is 2. The Balaban J connectivity index is 1.80. The molecule has 2 aliphatic rings. The van der Waals surface area contributed by atoms with Gasteiger partial charge in [0.15, 0.2) is 11.1 Å². The van der Waals surface area contributed by atoms with Crippen LogP contribution >= 0.6 is 35.7 Å². The van der Waals surface area contributed by atoms with Crippen molar-refractivity contribution in [2.45, 2.75) is 11.8 Å². The molecule has 0 unspecified atom stereocenters. The molecule has 1 saturated heterocycles. The number of hydrogen-bond donors (Lipinski definition) is 0. The molecule has 0 radical (unpaired) electrons. The Morgan fingerprint density at radius 2 is 2.00 bits per heavy atom. The van der Waals surface area contributed by atoms with Gasteiger partial charge < -0.3 is 9.64 Å². The first-order valence-electron chi connectivity index (χ1n) is 7.21. The van der Waals surface area contributed by atoms with Gasteiger partial charge in [-0.1, -0.05) is 47.9 Å². The van der Waals surface area contributed by atoms with Crippen LogP contribution in [0.1, 0.15) is 6.92 Å². The van der Waals surface area contributed by atoms with Gasteiger partial charge in [0.25, 0.3) is 12.4 Å². The van der Waals surface area contributed by atoms with E-state index < -0.39 is 0 Å². The number of amides is 1. The number of nitrogens with zero attached hydrogens (tertiary/aromatic N) is 2. The first-order chi connectivity index (χ1) is 11.7. The molecule has 1 aromatic carbocycles. The standard InChI is InChI=1S/C16H14N2O3S3/c1-2-17-11-5-3-4-6-12(11)23-14(17)8-7-13-15(20)18(9-21-10-19)16(22)24-13/h3-8,10H,2,9H2,1H3. The SMILES string of the molecule is CCN1C(=CC=C2SC(=S)N(COC=O)C2=O)Sc2ccccc21. The minimum absolute atomic E-state index is 0.149. The Hall–Kier alpha value is -1.77. The van der Waals surface area contributed by atoms with Crippen LogP contribution < -0.4 is 4.90 Å². The van der Waals surface area contributed by atoms with Crippen LogP contribution in [-0.2, 0) is 14.3 Å². The fourth-order valence-electron chi connectivity index (χ4n) is 2.38. The van der Waals surface area contributed by atoms with Crippen molar-refractivity contribution in [3.05, 3.63) is 46.4 Å². The Labute approximate surface area is 153 Å². The summed E-state index contributed by atoms with van der Waals surface area (Å²) >= 11 is 8.04. The molecule has 0 aliphatic carbocycles. The maximum atomic E-state index is 12.3. The number of thiocarbonyl (C=S) groups is 1. The molecule has 0 saturated carbocycles. The molecule has 2 aliphatic heterocycles. The molecule has 8 heteroatoms. The topological polar surface area (TPSA) is 49.9 Å². The molecule has 124 valence electrons. The van der Waals surface area contributed by atoms with E-state index in [4.69, 9.17) is 12.2 Å². The number of rotatable bonds is 5. The van der Waals surface area contributed by atoms with E-state index >= 15 is 0 Å². The van der Waals surface area contributed by atoms with E-state index in [9.17, 15) is 9.59 Å². The van der Waals surface area contributed by atoms with Crippen LogP contribution in [0.4, 0.5) is 5.69 Å². The van der Waals surface area contributed by atoms with Crippen LogP contribution in [0.25, 0.3) is 0 Å². The minimum Gasteiger partial charge on any atom is -0.446 e. The highest BCUT2D eigenvalue weighted by atomic mass is 32.2. The first kappa shape index (κ1) is 17.1. The number of fused-ring (bicyclic) bond motifs is 1. The second-order valence-electron chi connectivity index (χ2n) is 4.84. The number of hydrogen-bond acceptors (Lipinski definition) is 7. The number of ether oxygens (including phenoxy) is 1.